The smallest absolute Gasteiger partial charge is 0.338 e. The van der Waals surface area contributed by atoms with Crippen LogP contribution < -0.4 is 20.1 Å². The van der Waals surface area contributed by atoms with Crippen LogP contribution in [-0.4, -0.2) is 49.2 Å². The number of halogens is 1. The SMILES string of the molecule is CCCCCCCCCCCCOC(=O)c1ccc(OC(C)C(=O)Nc2ccccc2SSc2ccccc2NC(=O)C(C)Oc2ccc(C(=O)OCCCCCCCCCCCC)cc2Cl)c(C)c1. The van der Waals surface area contributed by atoms with E-state index in [0.717, 1.165) is 53.9 Å². The molecule has 4 aromatic rings. The molecule has 4 rings (SSSR count). The number of carbonyl (C=O) groups is 4. The molecule has 0 radical (unpaired) electrons. The molecule has 0 aliphatic rings. The molecule has 13 heteroatoms. The van der Waals surface area contributed by atoms with Crippen molar-refractivity contribution < 1.29 is 38.1 Å². The minimum absolute atomic E-state index is 0.199. The Bertz CT molecular complexity index is 2050. The van der Waals surface area contributed by atoms with Crippen LogP contribution >= 0.6 is 33.2 Å². The number of nitrogens with one attached hydrogen (secondary N) is 2. The van der Waals surface area contributed by atoms with Crippen LogP contribution in [0.25, 0.3) is 0 Å². The summed E-state index contributed by atoms with van der Waals surface area (Å²) in [5.74, 6) is -0.770. The van der Waals surface area contributed by atoms with E-state index in [1.807, 2.05) is 49.4 Å². The number of rotatable bonds is 35. The van der Waals surface area contributed by atoms with E-state index in [0.29, 0.717) is 41.5 Å². The molecule has 0 saturated heterocycles. The van der Waals surface area contributed by atoms with Gasteiger partial charge in [0.2, 0.25) is 0 Å². The first-order valence-electron chi connectivity index (χ1n) is 25.7. The highest BCUT2D eigenvalue weighted by Crippen LogP contribution is 2.43. The number of hydrogen-bond donors (Lipinski definition) is 2. The zero-order valence-corrected chi connectivity index (χ0v) is 44.6. The average Bonchev–Trinajstić information content (AvgIpc) is 3.35. The maximum atomic E-state index is 13.4. The zero-order valence-electron chi connectivity index (χ0n) is 42.3. The third-order valence-electron chi connectivity index (χ3n) is 11.9. The Morgan fingerprint density at radius 1 is 0.500 bits per heavy atom. The lowest BCUT2D eigenvalue weighted by atomic mass is 10.1. The second kappa shape index (κ2) is 33.8. The fourth-order valence-electron chi connectivity index (χ4n) is 7.64. The standard InChI is InChI=1S/C57H77ClN2O8S2/c1-6-8-10-12-14-16-18-20-22-28-38-65-56(63)45-34-36-50(42(3)40-45)67-43(4)54(61)59-48-30-24-26-32-52(48)69-70-53-33-27-25-31-49(53)60-55(62)44(5)68-51-37-35-46(41-47(51)58)57(64)66-39-29-23-21-19-17-15-13-11-9-7-2/h24-27,30-37,40-41,43-44H,6-23,28-29,38-39H2,1-5H3,(H,59,61)(H,60,62). The molecule has 0 aliphatic heterocycles. The van der Waals surface area contributed by atoms with E-state index < -0.39 is 18.2 Å². The van der Waals surface area contributed by atoms with Gasteiger partial charge >= 0.3 is 11.9 Å². The molecule has 70 heavy (non-hydrogen) atoms. The summed E-state index contributed by atoms with van der Waals surface area (Å²) in [7, 11) is 2.85. The molecule has 2 N–H and O–H groups in total. The van der Waals surface area contributed by atoms with Gasteiger partial charge in [-0.1, -0.05) is 187 Å². The predicted molar refractivity (Wildman–Crippen MR) is 289 cm³/mol. The van der Waals surface area contributed by atoms with Crippen LogP contribution in [0.2, 0.25) is 5.02 Å². The number of unbranched alkanes of at least 4 members (excludes halogenated alkanes) is 18. The number of ether oxygens (including phenoxy) is 4. The molecular weight excluding hydrogens is 940 g/mol. The number of aryl methyl sites for hydroxylation is 1. The van der Waals surface area contributed by atoms with E-state index in [9.17, 15) is 19.2 Å². The fourth-order valence-corrected chi connectivity index (χ4v) is 10.1. The van der Waals surface area contributed by atoms with Gasteiger partial charge < -0.3 is 29.6 Å². The third kappa shape index (κ3) is 21.8. The molecule has 2 amide bonds. The van der Waals surface area contributed by atoms with E-state index in [2.05, 4.69) is 24.5 Å². The van der Waals surface area contributed by atoms with Gasteiger partial charge in [-0.15, -0.1) is 0 Å². The lowest BCUT2D eigenvalue weighted by Crippen LogP contribution is -2.30. The van der Waals surface area contributed by atoms with Gasteiger partial charge in [0.1, 0.15) is 11.5 Å². The van der Waals surface area contributed by atoms with Gasteiger partial charge in [0.15, 0.2) is 12.2 Å². The van der Waals surface area contributed by atoms with E-state index in [-0.39, 0.29) is 28.6 Å². The van der Waals surface area contributed by atoms with Gasteiger partial charge in [-0.25, -0.2) is 9.59 Å². The van der Waals surface area contributed by atoms with Gasteiger partial charge in [-0.3, -0.25) is 9.59 Å². The lowest BCUT2D eigenvalue weighted by molar-refractivity contribution is -0.122. The first kappa shape index (κ1) is 57.9. The van der Waals surface area contributed by atoms with Crippen molar-refractivity contribution in [3.8, 4) is 11.5 Å². The Labute approximate surface area is 431 Å². The van der Waals surface area contributed by atoms with E-state index in [1.165, 1.54) is 118 Å². The molecule has 0 spiro atoms. The molecule has 4 aromatic carbocycles. The van der Waals surface area contributed by atoms with Crippen molar-refractivity contribution in [1.29, 1.82) is 0 Å². The normalized spacial score (nSPS) is 11.9. The third-order valence-corrected chi connectivity index (χ3v) is 14.7. The minimum atomic E-state index is -0.917. The summed E-state index contributed by atoms with van der Waals surface area (Å²) >= 11 is 6.52. The summed E-state index contributed by atoms with van der Waals surface area (Å²) in [5.41, 5.74) is 2.67. The summed E-state index contributed by atoms with van der Waals surface area (Å²) in [5, 5.41) is 6.16. The highest BCUT2D eigenvalue weighted by Gasteiger charge is 2.21. The average molecular weight is 1020 g/mol. The molecular formula is C57H77ClN2O8S2. The maximum absolute atomic E-state index is 13.4. The summed E-state index contributed by atoms with van der Waals surface area (Å²) in [4.78, 5) is 53.9. The van der Waals surface area contributed by atoms with E-state index >= 15 is 0 Å². The first-order chi connectivity index (χ1) is 34.0. The van der Waals surface area contributed by atoms with Gasteiger partial charge in [0.05, 0.1) is 40.7 Å². The van der Waals surface area contributed by atoms with Crippen molar-refractivity contribution in [1.82, 2.24) is 0 Å². The van der Waals surface area contributed by atoms with Crippen molar-refractivity contribution in [2.75, 3.05) is 23.8 Å². The fraction of sp³-hybridized carbons (Fsp3) is 0.509. The topological polar surface area (TPSA) is 129 Å². The predicted octanol–water partition coefficient (Wildman–Crippen LogP) is 16.4. The lowest BCUT2D eigenvalue weighted by Gasteiger charge is -2.18. The Morgan fingerprint density at radius 3 is 1.29 bits per heavy atom. The summed E-state index contributed by atoms with van der Waals surface area (Å²) in [6, 6.07) is 24.6. The molecule has 0 aromatic heterocycles. The Hall–Kier alpha value is -4.65. The number of hydrogen-bond acceptors (Lipinski definition) is 10. The zero-order chi connectivity index (χ0) is 50.4. The molecule has 10 nitrogen and oxygen atoms in total. The number of para-hydroxylation sites is 2. The number of anilines is 2. The molecule has 382 valence electrons. The van der Waals surface area contributed by atoms with Crippen molar-refractivity contribution in [3.63, 3.8) is 0 Å². The van der Waals surface area contributed by atoms with E-state index in [1.54, 1.807) is 50.2 Å². The van der Waals surface area contributed by atoms with Gasteiger partial charge in [-0.05, 0) is 99.8 Å². The van der Waals surface area contributed by atoms with Crippen molar-refractivity contribution in [2.24, 2.45) is 0 Å². The quantitative estimate of drug-likeness (QED) is 0.0261. The van der Waals surface area contributed by atoms with Crippen molar-refractivity contribution >= 4 is 68.3 Å². The largest absolute Gasteiger partial charge is 0.481 e. The molecule has 0 saturated carbocycles. The number of esters is 2. The van der Waals surface area contributed by atoms with Crippen LogP contribution in [0.3, 0.4) is 0 Å². The van der Waals surface area contributed by atoms with Crippen molar-refractivity contribution in [2.45, 2.75) is 185 Å². The number of carbonyl (C=O) groups excluding carboxylic acids is 4. The molecule has 2 atom stereocenters. The summed E-state index contributed by atoms with van der Waals surface area (Å²) in [6.07, 6.45) is 22.4. The minimum Gasteiger partial charge on any atom is -0.481 e. The van der Waals surface area contributed by atoms with Crippen LogP contribution in [0, 0.1) is 6.92 Å². The second-order valence-electron chi connectivity index (χ2n) is 17.9. The highest BCUT2D eigenvalue weighted by molar-refractivity contribution is 8.76. The van der Waals surface area contributed by atoms with Crippen LogP contribution in [0.4, 0.5) is 11.4 Å². The molecule has 0 fully saturated rings. The van der Waals surface area contributed by atoms with E-state index in [4.69, 9.17) is 30.5 Å². The van der Waals surface area contributed by atoms with Crippen LogP contribution in [-0.2, 0) is 19.1 Å². The highest BCUT2D eigenvalue weighted by atomic mass is 35.5. The molecule has 2 unspecified atom stereocenters. The van der Waals surface area contributed by atoms with Crippen LogP contribution in [0.5, 0.6) is 11.5 Å². The summed E-state index contributed by atoms with van der Waals surface area (Å²) < 4.78 is 23.0. The number of benzene rings is 4. The first-order valence-corrected chi connectivity index (χ1v) is 28.3. The summed E-state index contributed by atoms with van der Waals surface area (Å²) in [6.45, 7) is 10.4. The Balaban J connectivity index is 1.20. The molecule has 0 heterocycles. The maximum Gasteiger partial charge on any atom is 0.338 e. The van der Waals surface area contributed by atoms with Crippen LogP contribution in [0.15, 0.2) is 94.7 Å². The van der Waals surface area contributed by atoms with Gasteiger partial charge in [0, 0.05) is 9.79 Å². The van der Waals surface area contributed by atoms with Gasteiger partial charge in [-0.2, -0.15) is 0 Å². The Kier molecular flexibility index (Phi) is 28.0. The molecule has 0 bridgehead atoms. The van der Waals surface area contributed by atoms with Crippen LogP contribution in [0.1, 0.15) is 182 Å². The monoisotopic (exact) mass is 1020 g/mol. The Morgan fingerprint density at radius 2 is 0.871 bits per heavy atom. The van der Waals surface area contributed by atoms with Crippen molar-refractivity contribution in [3.05, 3.63) is 107 Å². The second-order valence-corrected chi connectivity index (χ2v) is 20.5. The molecule has 0 aliphatic carbocycles. The number of amides is 2. The van der Waals surface area contributed by atoms with Gasteiger partial charge in [0.25, 0.3) is 11.8 Å².